The molecule has 1 unspecified atom stereocenters. The first kappa shape index (κ1) is 14.3. The van der Waals surface area contributed by atoms with Crippen LogP contribution in [0.2, 0.25) is 0 Å². The molecule has 0 spiro atoms. The Morgan fingerprint density at radius 3 is 2.45 bits per heavy atom. The van der Waals surface area contributed by atoms with E-state index in [1.165, 1.54) is 5.56 Å². The lowest BCUT2D eigenvalue weighted by Crippen LogP contribution is -2.34. The SMILES string of the molecule is Cc1ccc(C(=O)NCC(c2ccccc2)N(C)C)o1. The fraction of sp³-hybridized carbons (Fsp3) is 0.312. The lowest BCUT2D eigenvalue weighted by atomic mass is 10.1. The Bertz CT molecular complexity index is 561. The highest BCUT2D eigenvalue weighted by atomic mass is 16.3. The second-order valence-electron chi connectivity index (χ2n) is 5.01. The summed E-state index contributed by atoms with van der Waals surface area (Å²) >= 11 is 0. The number of hydrogen-bond donors (Lipinski definition) is 1. The molecule has 0 aliphatic rings. The second-order valence-corrected chi connectivity index (χ2v) is 5.01. The molecule has 0 aliphatic carbocycles. The Balaban J connectivity index is 2.01. The van der Waals surface area contributed by atoms with Gasteiger partial charge in [0.05, 0.1) is 6.04 Å². The zero-order valence-electron chi connectivity index (χ0n) is 12.1. The van der Waals surface area contributed by atoms with Crippen molar-refractivity contribution in [1.29, 1.82) is 0 Å². The van der Waals surface area contributed by atoms with Gasteiger partial charge >= 0.3 is 0 Å². The van der Waals surface area contributed by atoms with Crippen LogP contribution in [0, 0.1) is 6.92 Å². The van der Waals surface area contributed by atoms with Crippen LogP contribution >= 0.6 is 0 Å². The molecule has 0 radical (unpaired) electrons. The monoisotopic (exact) mass is 272 g/mol. The molecule has 1 heterocycles. The molecule has 1 aromatic heterocycles. The number of carbonyl (C=O) groups excluding carboxylic acids is 1. The molecule has 106 valence electrons. The number of aryl methyl sites for hydroxylation is 1. The zero-order chi connectivity index (χ0) is 14.5. The van der Waals surface area contributed by atoms with Gasteiger partial charge in [-0.1, -0.05) is 30.3 Å². The van der Waals surface area contributed by atoms with Crippen molar-refractivity contribution in [3.8, 4) is 0 Å². The van der Waals surface area contributed by atoms with Gasteiger partial charge in [-0.2, -0.15) is 0 Å². The summed E-state index contributed by atoms with van der Waals surface area (Å²) in [6.07, 6.45) is 0. The third-order valence-corrected chi connectivity index (χ3v) is 3.23. The van der Waals surface area contributed by atoms with Crippen LogP contribution in [-0.4, -0.2) is 31.4 Å². The molecular weight excluding hydrogens is 252 g/mol. The lowest BCUT2D eigenvalue weighted by molar-refractivity contribution is 0.0913. The molecule has 4 heteroatoms. The molecule has 1 aromatic carbocycles. The van der Waals surface area contributed by atoms with Crippen LogP contribution in [0.5, 0.6) is 0 Å². The Morgan fingerprint density at radius 2 is 1.90 bits per heavy atom. The summed E-state index contributed by atoms with van der Waals surface area (Å²) in [4.78, 5) is 14.1. The van der Waals surface area contributed by atoms with E-state index in [-0.39, 0.29) is 11.9 Å². The highest BCUT2D eigenvalue weighted by Gasteiger charge is 2.16. The summed E-state index contributed by atoms with van der Waals surface area (Å²) < 4.78 is 5.32. The molecule has 0 aliphatic heterocycles. The van der Waals surface area contributed by atoms with E-state index in [1.54, 1.807) is 12.1 Å². The highest BCUT2D eigenvalue weighted by Crippen LogP contribution is 2.17. The summed E-state index contributed by atoms with van der Waals surface area (Å²) in [5, 5.41) is 2.92. The van der Waals surface area contributed by atoms with Gasteiger partial charge in [0.2, 0.25) is 0 Å². The van der Waals surface area contributed by atoms with Gasteiger partial charge in [0, 0.05) is 6.54 Å². The van der Waals surface area contributed by atoms with Gasteiger partial charge in [-0.05, 0) is 38.7 Å². The molecule has 0 saturated heterocycles. The predicted molar refractivity (Wildman–Crippen MR) is 78.6 cm³/mol. The molecule has 1 amide bonds. The number of likely N-dealkylation sites (N-methyl/N-ethyl adjacent to an activating group) is 1. The normalized spacial score (nSPS) is 12.4. The van der Waals surface area contributed by atoms with E-state index in [4.69, 9.17) is 4.42 Å². The molecular formula is C16H20N2O2. The highest BCUT2D eigenvalue weighted by molar-refractivity contribution is 5.91. The number of nitrogens with zero attached hydrogens (tertiary/aromatic N) is 1. The summed E-state index contributed by atoms with van der Waals surface area (Å²) in [7, 11) is 4.00. The van der Waals surface area contributed by atoms with Crippen LogP contribution in [0.25, 0.3) is 0 Å². The molecule has 0 fully saturated rings. The van der Waals surface area contributed by atoms with Gasteiger partial charge in [-0.3, -0.25) is 4.79 Å². The van der Waals surface area contributed by atoms with Crippen molar-refractivity contribution in [2.45, 2.75) is 13.0 Å². The maximum Gasteiger partial charge on any atom is 0.287 e. The van der Waals surface area contributed by atoms with E-state index in [9.17, 15) is 4.79 Å². The Morgan fingerprint density at radius 1 is 1.20 bits per heavy atom. The first-order chi connectivity index (χ1) is 9.58. The number of nitrogens with one attached hydrogen (secondary N) is 1. The van der Waals surface area contributed by atoms with Crippen LogP contribution in [0.1, 0.15) is 27.9 Å². The Hall–Kier alpha value is -2.07. The third-order valence-electron chi connectivity index (χ3n) is 3.23. The minimum atomic E-state index is -0.180. The van der Waals surface area contributed by atoms with Crippen LogP contribution in [0.3, 0.4) is 0 Å². The van der Waals surface area contributed by atoms with E-state index in [0.29, 0.717) is 12.3 Å². The van der Waals surface area contributed by atoms with E-state index < -0.39 is 0 Å². The average molecular weight is 272 g/mol. The summed E-state index contributed by atoms with van der Waals surface area (Å²) in [6.45, 7) is 2.36. The molecule has 2 aromatic rings. The van der Waals surface area contributed by atoms with E-state index in [2.05, 4.69) is 22.3 Å². The third kappa shape index (κ3) is 3.48. The second kappa shape index (κ2) is 6.39. The van der Waals surface area contributed by atoms with Gasteiger partial charge in [0.25, 0.3) is 5.91 Å². The summed E-state index contributed by atoms with van der Waals surface area (Å²) in [5.41, 5.74) is 1.17. The van der Waals surface area contributed by atoms with Crippen LogP contribution in [0.15, 0.2) is 46.9 Å². The summed E-state index contributed by atoms with van der Waals surface area (Å²) in [6, 6.07) is 13.7. The number of amides is 1. The quantitative estimate of drug-likeness (QED) is 0.910. The first-order valence-corrected chi connectivity index (χ1v) is 6.64. The topological polar surface area (TPSA) is 45.5 Å². The van der Waals surface area contributed by atoms with Gasteiger partial charge in [0.15, 0.2) is 5.76 Å². The van der Waals surface area contributed by atoms with Crippen LogP contribution in [-0.2, 0) is 0 Å². The van der Waals surface area contributed by atoms with Crippen molar-refractivity contribution in [2.75, 3.05) is 20.6 Å². The predicted octanol–water partition coefficient (Wildman–Crippen LogP) is 2.62. The van der Waals surface area contributed by atoms with Gasteiger partial charge < -0.3 is 14.6 Å². The molecule has 0 bridgehead atoms. The standard InChI is InChI=1S/C16H20N2O2/c1-12-9-10-15(20-12)16(19)17-11-14(18(2)3)13-7-5-4-6-8-13/h4-10,14H,11H2,1-3H3,(H,17,19). The molecule has 4 nitrogen and oxygen atoms in total. The van der Waals surface area contributed by atoms with E-state index in [1.807, 2.05) is 39.2 Å². The van der Waals surface area contributed by atoms with Crippen LogP contribution < -0.4 is 5.32 Å². The number of benzene rings is 1. The van der Waals surface area contributed by atoms with Crippen molar-refractivity contribution < 1.29 is 9.21 Å². The number of furan rings is 1. The largest absolute Gasteiger partial charge is 0.456 e. The molecule has 1 atom stereocenters. The number of hydrogen-bond acceptors (Lipinski definition) is 3. The lowest BCUT2D eigenvalue weighted by Gasteiger charge is -2.24. The van der Waals surface area contributed by atoms with Gasteiger partial charge in [-0.25, -0.2) is 0 Å². The van der Waals surface area contributed by atoms with Gasteiger partial charge in [0.1, 0.15) is 5.76 Å². The van der Waals surface area contributed by atoms with Crippen molar-refractivity contribution in [3.05, 3.63) is 59.5 Å². The number of rotatable bonds is 5. The number of carbonyl (C=O) groups is 1. The smallest absolute Gasteiger partial charge is 0.287 e. The first-order valence-electron chi connectivity index (χ1n) is 6.64. The van der Waals surface area contributed by atoms with E-state index >= 15 is 0 Å². The van der Waals surface area contributed by atoms with Crippen molar-refractivity contribution in [2.24, 2.45) is 0 Å². The Labute approximate surface area is 119 Å². The van der Waals surface area contributed by atoms with E-state index in [0.717, 1.165) is 5.76 Å². The maximum atomic E-state index is 12.0. The fourth-order valence-corrected chi connectivity index (χ4v) is 2.11. The van der Waals surface area contributed by atoms with Crippen LogP contribution in [0.4, 0.5) is 0 Å². The van der Waals surface area contributed by atoms with Crippen molar-refractivity contribution in [1.82, 2.24) is 10.2 Å². The fourth-order valence-electron chi connectivity index (χ4n) is 2.11. The average Bonchev–Trinajstić information content (AvgIpc) is 2.86. The van der Waals surface area contributed by atoms with Crippen molar-refractivity contribution >= 4 is 5.91 Å². The van der Waals surface area contributed by atoms with Crippen molar-refractivity contribution in [3.63, 3.8) is 0 Å². The minimum Gasteiger partial charge on any atom is -0.456 e. The molecule has 20 heavy (non-hydrogen) atoms. The minimum absolute atomic E-state index is 0.135. The maximum absolute atomic E-state index is 12.0. The molecule has 1 N–H and O–H groups in total. The Kier molecular flexibility index (Phi) is 4.58. The molecule has 0 saturated carbocycles. The zero-order valence-corrected chi connectivity index (χ0v) is 12.1. The summed E-state index contributed by atoms with van der Waals surface area (Å²) in [5.74, 6) is 0.913. The van der Waals surface area contributed by atoms with Gasteiger partial charge in [-0.15, -0.1) is 0 Å². The molecule has 2 rings (SSSR count).